The largest absolute Gasteiger partial charge is 0.438 e. The van der Waals surface area contributed by atoms with E-state index >= 15 is 0 Å². The van der Waals surface area contributed by atoms with Crippen LogP contribution in [0.25, 0.3) is 0 Å². The summed E-state index contributed by atoms with van der Waals surface area (Å²) < 4.78 is 32.3. The number of nitrogens with one attached hydrogen (secondary N) is 1. The number of hydrogen-bond donors (Lipinski definition) is 1. The van der Waals surface area contributed by atoms with Gasteiger partial charge in [-0.25, -0.2) is 18.7 Å². The SMILES string of the molecule is C=CC(=O)Nc1cccc(Oc2ncncc2C#Cc2cc(F)cc(F)c2)c1. The minimum atomic E-state index is -0.719. The standard InChI is InChI=1S/C21H13F2N3O2/c1-2-20(27)26-18-4-3-5-19(11-18)28-21-15(12-24-13-25-21)7-6-14-8-16(22)10-17(23)9-14/h2-5,8-13H,1H2,(H,26,27). The van der Waals surface area contributed by atoms with E-state index in [2.05, 4.69) is 33.7 Å². The van der Waals surface area contributed by atoms with Crippen molar-refractivity contribution >= 4 is 11.6 Å². The maximum atomic E-state index is 13.3. The summed E-state index contributed by atoms with van der Waals surface area (Å²) in [6, 6.07) is 9.65. The van der Waals surface area contributed by atoms with Gasteiger partial charge in [0, 0.05) is 29.6 Å². The molecule has 1 aromatic heterocycles. The highest BCUT2D eigenvalue weighted by atomic mass is 19.1. The fourth-order valence-corrected chi connectivity index (χ4v) is 2.19. The number of nitrogens with zero attached hydrogens (tertiary/aromatic N) is 2. The van der Waals surface area contributed by atoms with Crippen LogP contribution in [-0.2, 0) is 4.79 Å². The second-order valence-corrected chi connectivity index (χ2v) is 5.47. The average molecular weight is 377 g/mol. The van der Waals surface area contributed by atoms with Crippen LogP contribution in [0, 0.1) is 23.5 Å². The van der Waals surface area contributed by atoms with Crippen molar-refractivity contribution in [2.24, 2.45) is 0 Å². The number of aromatic nitrogens is 2. The summed E-state index contributed by atoms with van der Waals surface area (Å²) in [5.74, 6) is 4.17. The van der Waals surface area contributed by atoms with Crippen LogP contribution in [0.5, 0.6) is 11.6 Å². The number of anilines is 1. The smallest absolute Gasteiger partial charge is 0.247 e. The molecular formula is C21H13F2N3O2. The first kappa shape index (κ1) is 18.7. The van der Waals surface area contributed by atoms with Gasteiger partial charge in [0.15, 0.2) is 0 Å². The van der Waals surface area contributed by atoms with Crippen molar-refractivity contribution in [2.45, 2.75) is 0 Å². The van der Waals surface area contributed by atoms with Gasteiger partial charge in [-0.3, -0.25) is 4.79 Å². The van der Waals surface area contributed by atoms with Gasteiger partial charge in [0.05, 0.1) is 0 Å². The van der Waals surface area contributed by atoms with Crippen LogP contribution >= 0.6 is 0 Å². The molecule has 1 amide bonds. The summed E-state index contributed by atoms with van der Waals surface area (Å²) in [5, 5.41) is 2.62. The normalized spacial score (nSPS) is 9.79. The third kappa shape index (κ3) is 4.99. The van der Waals surface area contributed by atoms with Gasteiger partial charge in [-0.1, -0.05) is 24.5 Å². The minimum absolute atomic E-state index is 0.159. The topological polar surface area (TPSA) is 64.1 Å². The van der Waals surface area contributed by atoms with Crippen molar-refractivity contribution < 1.29 is 18.3 Å². The molecule has 5 nitrogen and oxygen atoms in total. The number of carbonyl (C=O) groups is 1. The zero-order valence-electron chi connectivity index (χ0n) is 14.4. The van der Waals surface area contributed by atoms with Crippen LogP contribution in [0.15, 0.2) is 67.6 Å². The Bertz CT molecular complexity index is 1080. The molecule has 0 saturated carbocycles. The summed E-state index contributed by atoms with van der Waals surface area (Å²) in [5.41, 5.74) is 1.01. The summed E-state index contributed by atoms with van der Waals surface area (Å²) in [4.78, 5) is 19.3. The van der Waals surface area contributed by atoms with Crippen LogP contribution in [0.4, 0.5) is 14.5 Å². The second kappa shape index (κ2) is 8.56. The van der Waals surface area contributed by atoms with Crippen LogP contribution in [0.1, 0.15) is 11.1 Å². The van der Waals surface area contributed by atoms with Crippen molar-refractivity contribution in [3.8, 4) is 23.5 Å². The Kier molecular flexibility index (Phi) is 5.72. The van der Waals surface area contributed by atoms with Gasteiger partial charge in [-0.05, 0) is 30.3 Å². The molecule has 2 aromatic carbocycles. The highest BCUT2D eigenvalue weighted by Gasteiger charge is 2.07. The number of hydrogen-bond acceptors (Lipinski definition) is 4. The van der Waals surface area contributed by atoms with E-state index in [1.807, 2.05) is 0 Å². The lowest BCUT2D eigenvalue weighted by Gasteiger charge is -2.08. The Morgan fingerprint density at radius 1 is 1.14 bits per heavy atom. The number of ether oxygens (including phenoxy) is 1. The lowest BCUT2D eigenvalue weighted by Crippen LogP contribution is -2.07. The van der Waals surface area contributed by atoms with Crippen molar-refractivity contribution in [1.82, 2.24) is 9.97 Å². The molecule has 0 aliphatic carbocycles. The summed E-state index contributed by atoms with van der Waals surface area (Å²) >= 11 is 0. The number of halogens is 2. The lowest BCUT2D eigenvalue weighted by atomic mass is 10.2. The van der Waals surface area contributed by atoms with Crippen molar-refractivity contribution in [3.63, 3.8) is 0 Å². The van der Waals surface area contributed by atoms with E-state index in [9.17, 15) is 13.6 Å². The molecule has 1 heterocycles. The predicted molar refractivity (Wildman–Crippen MR) is 99.7 cm³/mol. The number of amides is 1. The van der Waals surface area contributed by atoms with Gasteiger partial charge >= 0.3 is 0 Å². The van der Waals surface area contributed by atoms with Crippen molar-refractivity contribution in [2.75, 3.05) is 5.32 Å². The Morgan fingerprint density at radius 3 is 2.68 bits per heavy atom. The van der Waals surface area contributed by atoms with Crippen molar-refractivity contribution in [1.29, 1.82) is 0 Å². The fourth-order valence-electron chi connectivity index (χ4n) is 2.19. The molecule has 0 radical (unpaired) electrons. The molecule has 1 N–H and O–H groups in total. The van der Waals surface area contributed by atoms with E-state index in [0.29, 0.717) is 17.0 Å². The molecule has 7 heteroatoms. The highest BCUT2D eigenvalue weighted by Crippen LogP contribution is 2.24. The van der Waals surface area contributed by atoms with E-state index in [1.165, 1.54) is 12.5 Å². The zero-order valence-corrected chi connectivity index (χ0v) is 14.4. The first-order valence-corrected chi connectivity index (χ1v) is 8.03. The molecule has 0 aliphatic heterocycles. The Balaban J connectivity index is 1.86. The van der Waals surface area contributed by atoms with Crippen molar-refractivity contribution in [3.05, 3.63) is 90.4 Å². The van der Waals surface area contributed by atoms with Gasteiger partial charge in [-0.15, -0.1) is 0 Å². The molecule has 0 aliphatic rings. The number of rotatable bonds is 4. The van der Waals surface area contributed by atoms with E-state index in [4.69, 9.17) is 4.74 Å². The zero-order chi connectivity index (χ0) is 19.9. The fraction of sp³-hybridized carbons (Fsp3) is 0. The Labute approximate surface area is 159 Å². The third-order valence-electron chi connectivity index (χ3n) is 3.38. The predicted octanol–water partition coefficient (Wildman–Crippen LogP) is 4.07. The van der Waals surface area contributed by atoms with Gasteiger partial charge in [0.25, 0.3) is 0 Å². The molecule has 0 unspecified atom stereocenters. The summed E-state index contributed by atoms with van der Waals surface area (Å²) in [6.45, 7) is 3.39. The molecule has 28 heavy (non-hydrogen) atoms. The molecular weight excluding hydrogens is 364 g/mol. The Morgan fingerprint density at radius 2 is 1.93 bits per heavy atom. The number of carbonyl (C=O) groups excluding carboxylic acids is 1. The number of benzene rings is 2. The maximum Gasteiger partial charge on any atom is 0.247 e. The summed E-state index contributed by atoms with van der Waals surface area (Å²) in [7, 11) is 0. The van der Waals surface area contributed by atoms with E-state index in [-0.39, 0.29) is 17.4 Å². The molecule has 3 rings (SSSR count). The van der Waals surface area contributed by atoms with Gasteiger partial charge < -0.3 is 10.1 Å². The van der Waals surface area contributed by atoms with Crippen LogP contribution in [-0.4, -0.2) is 15.9 Å². The Hall–Kier alpha value is -4.05. The monoisotopic (exact) mass is 377 g/mol. The average Bonchev–Trinajstić information content (AvgIpc) is 2.67. The first-order chi connectivity index (χ1) is 13.5. The van der Waals surface area contributed by atoms with E-state index in [0.717, 1.165) is 24.3 Å². The van der Waals surface area contributed by atoms with Gasteiger partial charge in [-0.2, -0.15) is 0 Å². The molecule has 0 spiro atoms. The summed E-state index contributed by atoms with van der Waals surface area (Å²) in [6.07, 6.45) is 3.86. The molecule has 3 aromatic rings. The van der Waals surface area contributed by atoms with Crippen LogP contribution < -0.4 is 10.1 Å². The third-order valence-corrected chi connectivity index (χ3v) is 3.38. The molecule has 0 atom stereocenters. The highest BCUT2D eigenvalue weighted by molar-refractivity contribution is 5.98. The van der Waals surface area contributed by atoms with Crippen LogP contribution in [0.2, 0.25) is 0 Å². The van der Waals surface area contributed by atoms with Gasteiger partial charge in [0.1, 0.15) is 29.3 Å². The van der Waals surface area contributed by atoms with Gasteiger partial charge in [0.2, 0.25) is 11.8 Å². The quantitative estimate of drug-likeness (QED) is 0.550. The minimum Gasteiger partial charge on any atom is -0.438 e. The molecule has 0 fully saturated rings. The molecule has 138 valence electrons. The lowest BCUT2D eigenvalue weighted by molar-refractivity contribution is -0.111. The van der Waals surface area contributed by atoms with E-state index < -0.39 is 11.6 Å². The molecule has 0 bridgehead atoms. The maximum absolute atomic E-state index is 13.3. The van der Waals surface area contributed by atoms with Crippen LogP contribution in [0.3, 0.4) is 0 Å². The first-order valence-electron chi connectivity index (χ1n) is 8.03. The molecule has 0 saturated heterocycles. The van der Waals surface area contributed by atoms with E-state index in [1.54, 1.807) is 24.3 Å². The second-order valence-electron chi connectivity index (χ2n) is 5.47.